The van der Waals surface area contributed by atoms with Crippen LogP contribution in [0.1, 0.15) is 5.69 Å². The molecular weight excluding hydrogens is 225 g/mol. The Morgan fingerprint density at radius 2 is 2.19 bits per heavy atom. The second-order valence-electron chi connectivity index (χ2n) is 3.17. The topological polar surface area (TPSA) is 51.8 Å². The van der Waals surface area contributed by atoms with Crippen molar-refractivity contribution in [2.24, 2.45) is 0 Å². The fraction of sp³-hybridized carbons (Fsp3) is 0.0909. The van der Waals surface area contributed by atoms with E-state index < -0.39 is 0 Å². The predicted molar refractivity (Wildman–Crippen MR) is 62.4 cm³/mol. The van der Waals surface area contributed by atoms with Crippen LogP contribution < -0.4 is 5.73 Å². The average molecular weight is 235 g/mol. The van der Waals surface area contributed by atoms with Gasteiger partial charge in [0.05, 0.1) is 11.4 Å². The van der Waals surface area contributed by atoms with Crippen molar-refractivity contribution in [3.63, 3.8) is 0 Å². The molecule has 0 atom stereocenters. The zero-order valence-electron chi connectivity index (χ0n) is 8.43. The van der Waals surface area contributed by atoms with Crippen molar-refractivity contribution >= 4 is 17.4 Å². The third-order valence-electron chi connectivity index (χ3n) is 1.98. The van der Waals surface area contributed by atoms with Gasteiger partial charge in [-0.05, 0) is 18.2 Å². The molecule has 0 aliphatic carbocycles. The lowest BCUT2D eigenvalue weighted by molar-refractivity contribution is 0.629. The number of nitrogens with zero attached hydrogens (tertiary/aromatic N) is 2. The summed E-state index contributed by atoms with van der Waals surface area (Å²) >= 11 is 1.50. The van der Waals surface area contributed by atoms with Crippen LogP contribution in [-0.2, 0) is 5.75 Å². The highest BCUT2D eigenvalue weighted by molar-refractivity contribution is 7.98. The summed E-state index contributed by atoms with van der Waals surface area (Å²) in [7, 11) is 0. The highest BCUT2D eigenvalue weighted by Gasteiger charge is 2.01. The molecule has 82 valence electrons. The van der Waals surface area contributed by atoms with Crippen LogP contribution in [0.3, 0.4) is 0 Å². The van der Waals surface area contributed by atoms with Gasteiger partial charge < -0.3 is 5.73 Å². The minimum atomic E-state index is -0.385. The third-order valence-corrected chi connectivity index (χ3v) is 3.00. The molecule has 2 N–H and O–H groups in total. The maximum absolute atomic E-state index is 13.1. The normalized spacial score (nSPS) is 10.3. The van der Waals surface area contributed by atoms with Gasteiger partial charge in [0.2, 0.25) is 0 Å². The van der Waals surface area contributed by atoms with Crippen LogP contribution in [0, 0.1) is 5.82 Å². The van der Waals surface area contributed by atoms with Crippen molar-refractivity contribution < 1.29 is 4.39 Å². The summed E-state index contributed by atoms with van der Waals surface area (Å²) in [6.45, 7) is 0. The molecule has 1 aromatic heterocycles. The Kier molecular flexibility index (Phi) is 3.36. The fourth-order valence-electron chi connectivity index (χ4n) is 1.16. The fourth-order valence-corrected chi connectivity index (χ4v) is 1.97. The van der Waals surface area contributed by atoms with E-state index in [1.807, 2.05) is 0 Å². The Labute approximate surface area is 96.9 Å². The molecule has 0 saturated heterocycles. The van der Waals surface area contributed by atoms with Gasteiger partial charge in [-0.3, -0.25) is 9.97 Å². The highest BCUT2D eigenvalue weighted by atomic mass is 32.2. The van der Waals surface area contributed by atoms with E-state index in [-0.39, 0.29) is 11.5 Å². The number of hydrogen-bond acceptors (Lipinski definition) is 4. The van der Waals surface area contributed by atoms with Crippen LogP contribution in [0.25, 0.3) is 0 Å². The first-order chi connectivity index (χ1) is 7.75. The monoisotopic (exact) mass is 235 g/mol. The molecule has 0 radical (unpaired) electrons. The summed E-state index contributed by atoms with van der Waals surface area (Å²) in [4.78, 5) is 8.92. The predicted octanol–water partition coefficient (Wildman–Crippen LogP) is 2.49. The number of thioether (sulfide) groups is 1. The number of aromatic nitrogens is 2. The van der Waals surface area contributed by atoms with Gasteiger partial charge in [-0.15, -0.1) is 11.8 Å². The molecule has 1 heterocycles. The zero-order chi connectivity index (χ0) is 11.4. The van der Waals surface area contributed by atoms with Gasteiger partial charge in [0.15, 0.2) is 0 Å². The molecule has 3 nitrogen and oxygen atoms in total. The Morgan fingerprint density at radius 3 is 2.88 bits per heavy atom. The number of rotatable bonds is 3. The molecule has 0 bridgehead atoms. The van der Waals surface area contributed by atoms with Gasteiger partial charge in [-0.1, -0.05) is 0 Å². The molecule has 1 aromatic carbocycles. The molecule has 0 amide bonds. The van der Waals surface area contributed by atoms with E-state index in [1.165, 1.54) is 17.8 Å². The summed E-state index contributed by atoms with van der Waals surface area (Å²) in [5, 5.41) is 0. The molecule has 2 aromatic rings. The largest absolute Gasteiger partial charge is 0.396 e. The lowest BCUT2D eigenvalue weighted by Gasteiger charge is -2.02. The molecule has 0 aliphatic heterocycles. The average Bonchev–Trinajstić information content (AvgIpc) is 2.32. The van der Waals surface area contributed by atoms with Gasteiger partial charge >= 0.3 is 0 Å². The van der Waals surface area contributed by atoms with Gasteiger partial charge in [-0.25, -0.2) is 4.39 Å². The second kappa shape index (κ2) is 4.94. The molecular formula is C11H10FN3S. The van der Waals surface area contributed by atoms with Crippen molar-refractivity contribution in [3.05, 3.63) is 48.3 Å². The summed E-state index contributed by atoms with van der Waals surface area (Å²) in [5.41, 5.74) is 6.43. The first kappa shape index (κ1) is 10.9. The Balaban J connectivity index is 2.03. The van der Waals surface area contributed by atoms with Crippen LogP contribution in [0.15, 0.2) is 41.7 Å². The van der Waals surface area contributed by atoms with Crippen molar-refractivity contribution in [2.75, 3.05) is 5.73 Å². The first-order valence-electron chi connectivity index (χ1n) is 4.68. The Morgan fingerprint density at radius 1 is 1.31 bits per heavy atom. The van der Waals surface area contributed by atoms with E-state index >= 15 is 0 Å². The van der Waals surface area contributed by atoms with Crippen molar-refractivity contribution in [2.45, 2.75) is 10.6 Å². The van der Waals surface area contributed by atoms with E-state index in [1.54, 1.807) is 30.7 Å². The summed E-state index contributed by atoms with van der Waals surface area (Å²) in [6, 6.07) is 4.78. The SMILES string of the molecule is Nc1ccc(SCc2cnccn2)cc1F. The number of nitrogen functional groups attached to an aromatic ring is 1. The van der Waals surface area contributed by atoms with Crippen molar-refractivity contribution in [1.82, 2.24) is 9.97 Å². The quantitative estimate of drug-likeness (QED) is 0.656. The minimum absolute atomic E-state index is 0.170. The van der Waals surface area contributed by atoms with Gasteiger partial charge in [0.25, 0.3) is 0 Å². The van der Waals surface area contributed by atoms with E-state index in [4.69, 9.17) is 5.73 Å². The van der Waals surface area contributed by atoms with Gasteiger partial charge in [0.1, 0.15) is 5.82 Å². The third kappa shape index (κ3) is 2.70. The first-order valence-corrected chi connectivity index (χ1v) is 5.67. The molecule has 0 unspecified atom stereocenters. The lowest BCUT2D eigenvalue weighted by atomic mass is 10.3. The van der Waals surface area contributed by atoms with Crippen molar-refractivity contribution in [3.8, 4) is 0 Å². The Hall–Kier alpha value is -1.62. The maximum atomic E-state index is 13.1. The molecule has 2 rings (SSSR count). The Bertz CT molecular complexity index is 476. The molecule has 16 heavy (non-hydrogen) atoms. The van der Waals surface area contributed by atoms with Crippen LogP contribution in [-0.4, -0.2) is 9.97 Å². The molecule has 0 fully saturated rings. The van der Waals surface area contributed by atoms with Gasteiger partial charge in [-0.2, -0.15) is 0 Å². The minimum Gasteiger partial charge on any atom is -0.396 e. The molecule has 5 heteroatoms. The van der Waals surface area contributed by atoms with E-state index in [9.17, 15) is 4.39 Å². The van der Waals surface area contributed by atoms with E-state index in [0.717, 1.165) is 10.6 Å². The number of hydrogen-bond donors (Lipinski definition) is 1. The van der Waals surface area contributed by atoms with Crippen LogP contribution in [0.2, 0.25) is 0 Å². The number of halogens is 1. The van der Waals surface area contributed by atoms with Crippen LogP contribution in [0.5, 0.6) is 0 Å². The number of nitrogens with two attached hydrogens (primary N) is 1. The molecule has 0 spiro atoms. The lowest BCUT2D eigenvalue weighted by Crippen LogP contribution is -1.90. The highest BCUT2D eigenvalue weighted by Crippen LogP contribution is 2.24. The smallest absolute Gasteiger partial charge is 0.147 e. The number of benzene rings is 1. The standard InChI is InChI=1S/C11H10FN3S/c12-10-5-9(1-2-11(10)13)16-7-8-6-14-3-4-15-8/h1-6H,7,13H2. The van der Waals surface area contributed by atoms with E-state index in [2.05, 4.69) is 9.97 Å². The summed E-state index contributed by atoms with van der Waals surface area (Å²) in [5.74, 6) is 0.279. The summed E-state index contributed by atoms with van der Waals surface area (Å²) < 4.78 is 13.1. The van der Waals surface area contributed by atoms with Gasteiger partial charge in [0, 0.05) is 29.2 Å². The maximum Gasteiger partial charge on any atom is 0.147 e. The van der Waals surface area contributed by atoms with E-state index in [0.29, 0.717) is 5.75 Å². The second-order valence-corrected chi connectivity index (χ2v) is 4.22. The van der Waals surface area contributed by atoms with Crippen molar-refractivity contribution in [1.29, 1.82) is 0 Å². The van der Waals surface area contributed by atoms with Crippen LogP contribution >= 0.6 is 11.8 Å². The molecule has 0 saturated carbocycles. The molecule has 0 aliphatic rings. The zero-order valence-corrected chi connectivity index (χ0v) is 9.25. The van der Waals surface area contributed by atoms with Crippen LogP contribution in [0.4, 0.5) is 10.1 Å². The number of anilines is 1. The summed E-state index contributed by atoms with van der Waals surface area (Å²) in [6.07, 6.45) is 4.96.